The average Bonchev–Trinajstić information content (AvgIpc) is 3.18. The maximum atomic E-state index is 13.6. The van der Waals surface area contributed by atoms with Gasteiger partial charge >= 0.3 is 6.09 Å². The van der Waals surface area contributed by atoms with E-state index in [2.05, 4.69) is 31.9 Å². The molecule has 2 unspecified atom stereocenters. The fourth-order valence-corrected chi connectivity index (χ4v) is 6.16. The summed E-state index contributed by atoms with van der Waals surface area (Å²) in [4.78, 5) is 91.7. The molecule has 0 aliphatic heterocycles. The van der Waals surface area contributed by atoms with Gasteiger partial charge < -0.3 is 41.4 Å². The summed E-state index contributed by atoms with van der Waals surface area (Å²) in [5, 5.41) is 15.7. The summed E-state index contributed by atoms with van der Waals surface area (Å²) < 4.78 is 10.9. The van der Waals surface area contributed by atoms with Crippen LogP contribution in [0.25, 0.3) is 0 Å². The molecule has 0 bridgehead atoms. The highest BCUT2D eigenvalue weighted by atomic mass is 16.5. The Morgan fingerprint density at radius 2 is 1.33 bits per heavy atom. The molecule has 312 valence electrons. The molecule has 2 aromatic rings. The lowest BCUT2D eigenvalue weighted by Gasteiger charge is -2.26. The third kappa shape index (κ3) is 16.3. The molecule has 1 aliphatic rings. The van der Waals surface area contributed by atoms with Crippen LogP contribution < -0.4 is 36.6 Å². The van der Waals surface area contributed by atoms with Gasteiger partial charge in [-0.05, 0) is 74.3 Å². The number of ketones is 1. The van der Waals surface area contributed by atoms with E-state index < -0.39 is 72.1 Å². The molecule has 1 fully saturated rings. The van der Waals surface area contributed by atoms with Gasteiger partial charge in [0, 0.05) is 6.04 Å². The van der Waals surface area contributed by atoms with Crippen LogP contribution in [-0.4, -0.2) is 78.7 Å². The molecule has 6 amide bonds. The van der Waals surface area contributed by atoms with Crippen molar-refractivity contribution < 1.29 is 43.0 Å². The summed E-state index contributed by atoms with van der Waals surface area (Å²) >= 11 is 0. The zero-order chi connectivity index (χ0) is 41.9. The van der Waals surface area contributed by atoms with Gasteiger partial charge in [0.05, 0.1) is 19.2 Å². The van der Waals surface area contributed by atoms with Crippen molar-refractivity contribution in [2.75, 3.05) is 13.2 Å². The standard InChI is InChI=1S/C42H60N6O9/c1-7-14-33(46-39(52)34(23-26(2)3)47-38(51)28(6)44-42(55)56-25-27(4)5)37(50)41(54)43-24-35(49)48-36(40(53)45-30-15-10-8-11-16-30)29-19-21-32(22-20-29)57-31-17-12-9-13-18-31/h9,12-13,17-22,26-28,30,33-34,36H,7-8,10-11,14-16,23-25H2,1-6H3,(H,43,54)(H,44,55)(H,45,53)(H,46,52)(H,47,51)(H,48,49)/t28-,33?,34-,36?/m0/s1. The highest BCUT2D eigenvalue weighted by Gasteiger charge is 2.32. The fraction of sp³-hybridized carbons (Fsp3) is 0.548. The first kappa shape index (κ1) is 45.9. The van der Waals surface area contributed by atoms with Crippen molar-refractivity contribution in [1.82, 2.24) is 31.9 Å². The minimum absolute atomic E-state index is 0.0266. The van der Waals surface area contributed by atoms with E-state index in [0.29, 0.717) is 23.5 Å². The van der Waals surface area contributed by atoms with Crippen LogP contribution in [-0.2, 0) is 33.5 Å². The Morgan fingerprint density at radius 1 is 0.702 bits per heavy atom. The molecule has 0 aromatic heterocycles. The first-order valence-electron chi connectivity index (χ1n) is 19.9. The van der Waals surface area contributed by atoms with E-state index in [0.717, 1.165) is 32.1 Å². The molecule has 0 heterocycles. The highest BCUT2D eigenvalue weighted by molar-refractivity contribution is 6.38. The number of ether oxygens (including phenoxy) is 2. The minimum Gasteiger partial charge on any atom is -0.457 e. The van der Waals surface area contributed by atoms with Crippen molar-refractivity contribution in [2.45, 2.75) is 123 Å². The van der Waals surface area contributed by atoms with Crippen molar-refractivity contribution in [3.63, 3.8) is 0 Å². The van der Waals surface area contributed by atoms with Crippen molar-refractivity contribution >= 4 is 41.4 Å². The Balaban J connectivity index is 1.64. The normalized spacial score (nSPS) is 14.9. The number of Topliss-reactive ketones (excluding diaryl/α,β-unsaturated/α-hetero) is 1. The number of carbonyl (C=O) groups excluding carboxylic acids is 7. The lowest BCUT2D eigenvalue weighted by atomic mass is 9.95. The van der Waals surface area contributed by atoms with Crippen molar-refractivity contribution in [2.24, 2.45) is 11.8 Å². The molecule has 0 saturated heterocycles. The van der Waals surface area contributed by atoms with E-state index in [4.69, 9.17) is 9.47 Å². The molecule has 3 rings (SSSR count). The van der Waals surface area contributed by atoms with Crippen LogP contribution >= 0.6 is 0 Å². The predicted octanol–water partition coefficient (Wildman–Crippen LogP) is 4.36. The lowest BCUT2D eigenvalue weighted by Crippen LogP contribution is -2.56. The number of carbonyl (C=O) groups is 7. The van der Waals surface area contributed by atoms with Crippen LogP contribution in [0, 0.1) is 11.8 Å². The Morgan fingerprint density at radius 3 is 1.95 bits per heavy atom. The second-order valence-electron chi connectivity index (χ2n) is 15.3. The Bertz CT molecular complexity index is 1640. The largest absolute Gasteiger partial charge is 0.457 e. The number of amides is 6. The maximum Gasteiger partial charge on any atom is 0.407 e. The van der Waals surface area contributed by atoms with Crippen LogP contribution in [0.3, 0.4) is 0 Å². The summed E-state index contributed by atoms with van der Waals surface area (Å²) in [5.74, 6) is -3.29. The highest BCUT2D eigenvalue weighted by Crippen LogP contribution is 2.24. The Kier molecular flexibility index (Phi) is 19.0. The van der Waals surface area contributed by atoms with Crippen LogP contribution in [0.1, 0.15) is 105 Å². The summed E-state index contributed by atoms with van der Waals surface area (Å²) in [6.07, 6.45) is 4.73. The minimum atomic E-state index is -1.25. The van der Waals surface area contributed by atoms with Gasteiger partial charge in [0.2, 0.25) is 29.4 Å². The van der Waals surface area contributed by atoms with Crippen molar-refractivity contribution in [3.05, 3.63) is 60.2 Å². The quantitative estimate of drug-likeness (QED) is 0.0992. The summed E-state index contributed by atoms with van der Waals surface area (Å²) in [6.45, 7) is 10.2. The smallest absolute Gasteiger partial charge is 0.407 e. The molecule has 6 N–H and O–H groups in total. The van der Waals surface area contributed by atoms with Crippen LogP contribution in [0.2, 0.25) is 0 Å². The van der Waals surface area contributed by atoms with Gasteiger partial charge in [-0.1, -0.05) is 90.6 Å². The molecule has 1 aliphatic carbocycles. The summed E-state index contributed by atoms with van der Waals surface area (Å²) in [5.41, 5.74) is 0.490. The zero-order valence-corrected chi connectivity index (χ0v) is 34.0. The Labute approximate surface area is 335 Å². The number of benzene rings is 2. The molecule has 15 heteroatoms. The van der Waals surface area contributed by atoms with E-state index in [1.54, 1.807) is 31.2 Å². The molecule has 0 spiro atoms. The topological polar surface area (TPSA) is 210 Å². The van der Waals surface area contributed by atoms with E-state index in [9.17, 15) is 33.6 Å². The number of para-hydroxylation sites is 1. The summed E-state index contributed by atoms with van der Waals surface area (Å²) in [7, 11) is 0. The SMILES string of the molecule is CCCC(NC(=O)[C@H](CC(C)C)NC(=O)[C@H](C)NC(=O)OCC(C)C)C(=O)C(=O)NCC(=O)NC(C(=O)NC1CCCCC1)c1ccc(Oc2ccccc2)cc1. The van der Waals surface area contributed by atoms with Gasteiger partial charge in [-0.15, -0.1) is 0 Å². The van der Waals surface area contributed by atoms with Gasteiger partial charge in [0.1, 0.15) is 29.6 Å². The molecule has 15 nitrogen and oxygen atoms in total. The van der Waals surface area contributed by atoms with Gasteiger partial charge in [-0.3, -0.25) is 28.8 Å². The van der Waals surface area contributed by atoms with E-state index in [1.807, 2.05) is 58.0 Å². The number of nitrogens with one attached hydrogen (secondary N) is 6. The van der Waals surface area contributed by atoms with E-state index >= 15 is 0 Å². The van der Waals surface area contributed by atoms with Gasteiger partial charge in [0.15, 0.2) is 0 Å². The molecular weight excluding hydrogens is 732 g/mol. The monoisotopic (exact) mass is 792 g/mol. The number of hydrogen-bond acceptors (Lipinski definition) is 9. The van der Waals surface area contributed by atoms with Crippen LogP contribution in [0.5, 0.6) is 11.5 Å². The molecule has 1 saturated carbocycles. The van der Waals surface area contributed by atoms with Gasteiger partial charge in [-0.2, -0.15) is 0 Å². The van der Waals surface area contributed by atoms with Crippen LogP contribution in [0.4, 0.5) is 4.79 Å². The molecule has 57 heavy (non-hydrogen) atoms. The predicted molar refractivity (Wildman–Crippen MR) is 214 cm³/mol. The first-order chi connectivity index (χ1) is 27.2. The maximum absolute atomic E-state index is 13.6. The fourth-order valence-electron chi connectivity index (χ4n) is 6.16. The first-order valence-corrected chi connectivity index (χ1v) is 19.9. The average molecular weight is 793 g/mol. The number of hydrogen-bond donors (Lipinski definition) is 6. The second-order valence-corrected chi connectivity index (χ2v) is 15.3. The summed E-state index contributed by atoms with van der Waals surface area (Å²) in [6, 6.07) is 11.5. The van der Waals surface area contributed by atoms with E-state index in [-0.39, 0.29) is 37.3 Å². The third-order valence-corrected chi connectivity index (χ3v) is 9.17. The molecule has 4 atom stereocenters. The Hall–Kier alpha value is -5.47. The second kappa shape index (κ2) is 23.6. The molecule has 0 radical (unpaired) electrons. The van der Waals surface area contributed by atoms with E-state index in [1.165, 1.54) is 6.92 Å². The number of rotatable bonds is 21. The van der Waals surface area contributed by atoms with Crippen molar-refractivity contribution in [1.29, 1.82) is 0 Å². The van der Waals surface area contributed by atoms with Crippen molar-refractivity contribution in [3.8, 4) is 11.5 Å². The number of alkyl carbamates (subject to hydrolysis) is 1. The third-order valence-electron chi connectivity index (χ3n) is 9.17. The zero-order valence-electron chi connectivity index (χ0n) is 34.0. The molecule has 2 aromatic carbocycles. The van der Waals surface area contributed by atoms with Gasteiger partial charge in [0.25, 0.3) is 5.91 Å². The van der Waals surface area contributed by atoms with Gasteiger partial charge in [-0.25, -0.2) is 4.79 Å². The molecular formula is C42H60N6O9. The van der Waals surface area contributed by atoms with Crippen LogP contribution in [0.15, 0.2) is 54.6 Å². The lowest BCUT2D eigenvalue weighted by molar-refractivity contribution is -0.141.